The molecule has 0 atom stereocenters. The van der Waals surface area contributed by atoms with Gasteiger partial charge in [-0.25, -0.2) is 0 Å². The van der Waals surface area contributed by atoms with Crippen LogP contribution in [-0.2, 0) is 9.59 Å². The summed E-state index contributed by atoms with van der Waals surface area (Å²) in [5, 5.41) is 13.8. The van der Waals surface area contributed by atoms with E-state index in [0.29, 0.717) is 24.1 Å². The van der Waals surface area contributed by atoms with Crippen LogP contribution in [0.3, 0.4) is 0 Å². The molecule has 6 heteroatoms. The van der Waals surface area contributed by atoms with Gasteiger partial charge in [-0.1, -0.05) is 6.07 Å². The summed E-state index contributed by atoms with van der Waals surface area (Å²) in [6, 6.07) is 5.09. The number of carboxylic acids is 1. The Bertz CT molecular complexity index is 540. The number of benzene rings is 1. The molecule has 0 spiro atoms. The summed E-state index contributed by atoms with van der Waals surface area (Å²) in [6.07, 6.45) is 1.32. The van der Waals surface area contributed by atoms with E-state index in [-0.39, 0.29) is 24.7 Å². The number of unbranched alkanes of at least 4 members (excludes halogenated alkanes) is 1. The Morgan fingerprint density at radius 2 is 1.81 bits per heavy atom. The highest BCUT2D eigenvalue weighted by molar-refractivity contribution is 5.97. The average Bonchev–Trinajstić information content (AvgIpc) is 2.45. The summed E-state index contributed by atoms with van der Waals surface area (Å²) in [6.45, 7) is 1.84. The number of rotatable bonds is 7. The molecule has 6 nitrogen and oxygen atoms in total. The van der Waals surface area contributed by atoms with Crippen molar-refractivity contribution in [2.75, 3.05) is 12.4 Å². The lowest BCUT2D eigenvalue weighted by atomic mass is 10.1. The molecule has 0 saturated heterocycles. The molecule has 21 heavy (non-hydrogen) atoms. The van der Waals surface area contributed by atoms with Crippen molar-refractivity contribution in [3.63, 3.8) is 0 Å². The van der Waals surface area contributed by atoms with Crippen molar-refractivity contribution in [3.05, 3.63) is 29.3 Å². The fourth-order valence-electron chi connectivity index (χ4n) is 1.82. The van der Waals surface area contributed by atoms with Gasteiger partial charge in [-0.2, -0.15) is 0 Å². The minimum atomic E-state index is -0.857. The van der Waals surface area contributed by atoms with Crippen molar-refractivity contribution in [1.29, 1.82) is 0 Å². The Morgan fingerprint density at radius 1 is 1.14 bits per heavy atom. The highest BCUT2D eigenvalue weighted by Gasteiger charge is 2.09. The highest BCUT2D eigenvalue weighted by atomic mass is 16.4. The minimum Gasteiger partial charge on any atom is -0.481 e. The van der Waals surface area contributed by atoms with Crippen LogP contribution < -0.4 is 10.6 Å². The number of aliphatic carboxylic acids is 1. The first-order valence-corrected chi connectivity index (χ1v) is 6.78. The quantitative estimate of drug-likeness (QED) is 0.669. The van der Waals surface area contributed by atoms with Crippen LogP contribution in [0, 0.1) is 6.92 Å². The van der Waals surface area contributed by atoms with Gasteiger partial charge in [0.25, 0.3) is 5.91 Å². The molecule has 0 aromatic heterocycles. The number of nitrogens with one attached hydrogen (secondary N) is 2. The van der Waals surface area contributed by atoms with Crippen LogP contribution in [0.5, 0.6) is 0 Å². The highest BCUT2D eigenvalue weighted by Crippen LogP contribution is 2.17. The second kappa shape index (κ2) is 8.04. The average molecular weight is 292 g/mol. The summed E-state index contributed by atoms with van der Waals surface area (Å²) in [4.78, 5) is 33.7. The van der Waals surface area contributed by atoms with Gasteiger partial charge in [-0.15, -0.1) is 0 Å². The van der Waals surface area contributed by atoms with Crippen molar-refractivity contribution < 1.29 is 19.5 Å². The van der Waals surface area contributed by atoms with E-state index in [0.717, 1.165) is 5.56 Å². The van der Waals surface area contributed by atoms with Crippen molar-refractivity contribution in [3.8, 4) is 0 Å². The Labute approximate surface area is 123 Å². The lowest BCUT2D eigenvalue weighted by Gasteiger charge is -2.10. The van der Waals surface area contributed by atoms with E-state index >= 15 is 0 Å². The predicted octanol–water partition coefficient (Wildman–Crippen LogP) is 1.94. The first kappa shape index (κ1) is 16.7. The number of carbonyl (C=O) groups excluding carboxylic acids is 2. The van der Waals surface area contributed by atoms with Crippen LogP contribution in [0.15, 0.2) is 18.2 Å². The van der Waals surface area contributed by atoms with E-state index in [2.05, 4.69) is 10.6 Å². The van der Waals surface area contributed by atoms with E-state index in [1.54, 1.807) is 25.2 Å². The molecular formula is C15H20N2O4. The zero-order valence-corrected chi connectivity index (χ0v) is 12.2. The Hall–Kier alpha value is -2.37. The SMILES string of the molecule is CNC(=O)c1ccc(C)c(NC(=O)CCCCC(=O)O)c1. The summed E-state index contributed by atoms with van der Waals surface area (Å²) in [5.41, 5.74) is 1.94. The maximum atomic E-state index is 11.8. The largest absolute Gasteiger partial charge is 0.481 e. The van der Waals surface area contributed by atoms with Gasteiger partial charge in [-0.05, 0) is 37.5 Å². The van der Waals surface area contributed by atoms with Gasteiger partial charge in [-0.3, -0.25) is 14.4 Å². The van der Waals surface area contributed by atoms with Crippen LogP contribution in [0.1, 0.15) is 41.6 Å². The van der Waals surface area contributed by atoms with Crippen LogP contribution >= 0.6 is 0 Å². The van der Waals surface area contributed by atoms with Gasteiger partial charge in [0, 0.05) is 31.1 Å². The molecule has 114 valence electrons. The Morgan fingerprint density at radius 3 is 2.43 bits per heavy atom. The van der Waals surface area contributed by atoms with Crippen molar-refractivity contribution in [2.24, 2.45) is 0 Å². The van der Waals surface area contributed by atoms with Crippen LogP contribution in [0.25, 0.3) is 0 Å². The van der Waals surface area contributed by atoms with Crippen LogP contribution in [0.4, 0.5) is 5.69 Å². The number of carboxylic acid groups (broad SMARTS) is 1. The molecule has 1 aromatic carbocycles. The van der Waals surface area contributed by atoms with Gasteiger partial charge in [0.2, 0.25) is 5.91 Å². The van der Waals surface area contributed by atoms with Crippen molar-refractivity contribution >= 4 is 23.5 Å². The lowest BCUT2D eigenvalue weighted by Crippen LogP contribution is -2.19. The van der Waals surface area contributed by atoms with Crippen molar-refractivity contribution in [2.45, 2.75) is 32.6 Å². The summed E-state index contributed by atoms with van der Waals surface area (Å²) in [5.74, 6) is -1.26. The van der Waals surface area contributed by atoms with Crippen molar-refractivity contribution in [1.82, 2.24) is 5.32 Å². The zero-order chi connectivity index (χ0) is 15.8. The van der Waals surface area contributed by atoms with E-state index in [9.17, 15) is 14.4 Å². The number of aryl methyl sites for hydroxylation is 1. The summed E-state index contributed by atoms with van der Waals surface area (Å²) in [7, 11) is 1.54. The van der Waals surface area contributed by atoms with Gasteiger partial charge >= 0.3 is 5.97 Å². The molecule has 0 aliphatic carbocycles. The lowest BCUT2D eigenvalue weighted by molar-refractivity contribution is -0.137. The van der Waals surface area contributed by atoms with Gasteiger partial charge in [0.1, 0.15) is 0 Å². The predicted molar refractivity (Wildman–Crippen MR) is 79.3 cm³/mol. The molecule has 3 N–H and O–H groups in total. The third kappa shape index (κ3) is 5.64. The number of hydrogen-bond donors (Lipinski definition) is 3. The van der Waals surface area contributed by atoms with E-state index < -0.39 is 5.97 Å². The molecular weight excluding hydrogens is 272 g/mol. The molecule has 0 aliphatic heterocycles. The van der Waals surface area contributed by atoms with Gasteiger partial charge < -0.3 is 15.7 Å². The normalized spacial score (nSPS) is 10.0. The second-order valence-electron chi connectivity index (χ2n) is 4.76. The molecule has 1 rings (SSSR count). The monoisotopic (exact) mass is 292 g/mol. The molecule has 0 heterocycles. The van der Waals surface area contributed by atoms with Gasteiger partial charge in [0.15, 0.2) is 0 Å². The van der Waals surface area contributed by atoms with E-state index in [1.165, 1.54) is 0 Å². The number of amides is 2. The third-order valence-electron chi connectivity index (χ3n) is 3.05. The molecule has 0 unspecified atom stereocenters. The topological polar surface area (TPSA) is 95.5 Å². The van der Waals surface area contributed by atoms with E-state index in [1.807, 2.05) is 6.92 Å². The number of carbonyl (C=O) groups is 3. The smallest absolute Gasteiger partial charge is 0.303 e. The molecule has 0 fully saturated rings. The zero-order valence-electron chi connectivity index (χ0n) is 12.2. The van der Waals surface area contributed by atoms with E-state index in [4.69, 9.17) is 5.11 Å². The number of hydrogen-bond acceptors (Lipinski definition) is 3. The Balaban J connectivity index is 2.59. The third-order valence-corrected chi connectivity index (χ3v) is 3.05. The maximum Gasteiger partial charge on any atom is 0.303 e. The summed E-state index contributed by atoms with van der Waals surface area (Å²) >= 11 is 0. The fraction of sp³-hybridized carbons (Fsp3) is 0.400. The summed E-state index contributed by atoms with van der Waals surface area (Å²) < 4.78 is 0. The Kier molecular flexibility index (Phi) is 6.39. The fourth-order valence-corrected chi connectivity index (χ4v) is 1.82. The molecule has 0 bridgehead atoms. The molecule has 0 saturated carbocycles. The van der Waals surface area contributed by atoms with Gasteiger partial charge in [0.05, 0.1) is 0 Å². The standard InChI is InChI=1S/C15H20N2O4/c1-10-7-8-11(15(21)16-2)9-12(10)17-13(18)5-3-4-6-14(19)20/h7-9H,3-6H2,1-2H3,(H,16,21)(H,17,18)(H,19,20). The second-order valence-corrected chi connectivity index (χ2v) is 4.76. The molecule has 0 aliphatic rings. The minimum absolute atomic E-state index is 0.0679. The molecule has 2 amide bonds. The van der Waals surface area contributed by atoms with Crippen LogP contribution in [-0.4, -0.2) is 29.9 Å². The first-order valence-electron chi connectivity index (χ1n) is 6.78. The first-order chi connectivity index (χ1) is 9.93. The molecule has 0 radical (unpaired) electrons. The number of anilines is 1. The van der Waals surface area contributed by atoms with Crippen LogP contribution in [0.2, 0.25) is 0 Å². The maximum absolute atomic E-state index is 11.8. The molecule has 1 aromatic rings.